The summed E-state index contributed by atoms with van der Waals surface area (Å²) in [4.78, 5) is 16.4. The molecule has 2 amide bonds. The number of rotatable bonds is 7. The molecule has 0 spiro atoms. The van der Waals surface area contributed by atoms with E-state index in [0.717, 1.165) is 13.1 Å². The van der Waals surface area contributed by atoms with Crippen LogP contribution in [0.1, 0.15) is 50.7 Å². The summed E-state index contributed by atoms with van der Waals surface area (Å²) in [5.41, 5.74) is 2.47. The zero-order chi connectivity index (χ0) is 18.2. The van der Waals surface area contributed by atoms with E-state index in [-0.39, 0.29) is 12.1 Å². The fourth-order valence-electron chi connectivity index (χ4n) is 3.28. The molecule has 0 saturated carbocycles. The van der Waals surface area contributed by atoms with Gasteiger partial charge in [-0.3, -0.25) is 4.90 Å². The van der Waals surface area contributed by atoms with Crippen molar-refractivity contribution in [2.45, 2.75) is 64.8 Å². The zero-order valence-corrected chi connectivity index (χ0v) is 15.9. The third kappa shape index (κ3) is 6.33. The fraction of sp³-hybridized carbons (Fsp3) is 0.650. The van der Waals surface area contributed by atoms with Gasteiger partial charge in [-0.15, -0.1) is 0 Å². The van der Waals surface area contributed by atoms with Crippen LogP contribution in [0.15, 0.2) is 24.3 Å². The van der Waals surface area contributed by atoms with Gasteiger partial charge in [-0.2, -0.15) is 0 Å². The smallest absolute Gasteiger partial charge is 0.317 e. The molecule has 0 radical (unpaired) electrons. The number of carbonyl (C=O) groups is 1. The molecule has 0 aromatic heterocycles. The summed E-state index contributed by atoms with van der Waals surface area (Å²) in [6.07, 6.45) is 4.08. The maximum Gasteiger partial charge on any atom is 0.317 e. The van der Waals surface area contributed by atoms with E-state index in [1.807, 2.05) is 6.07 Å². The van der Waals surface area contributed by atoms with Crippen LogP contribution in [-0.2, 0) is 13.1 Å². The van der Waals surface area contributed by atoms with E-state index in [1.54, 1.807) is 18.9 Å². The van der Waals surface area contributed by atoms with Crippen LogP contribution in [0.4, 0.5) is 4.79 Å². The number of hydrogen-bond acceptors (Lipinski definition) is 3. The minimum Gasteiger partial charge on any atom is -0.393 e. The Balaban J connectivity index is 1.90. The quantitative estimate of drug-likeness (QED) is 0.797. The topological polar surface area (TPSA) is 55.8 Å². The first-order valence-electron chi connectivity index (χ1n) is 9.45. The van der Waals surface area contributed by atoms with E-state index in [4.69, 9.17) is 0 Å². The number of benzene rings is 1. The standard InChI is InChI=1S/C20H33N3O2/c1-16-8-6-7-12-23(16)15-19-10-5-4-9-18(19)14-21-20(25)22(3)13-11-17(2)24/h4-5,9-10,16-17,24H,6-8,11-15H2,1-3H3,(H,21,25). The fourth-order valence-corrected chi connectivity index (χ4v) is 3.28. The van der Waals surface area contributed by atoms with Crippen molar-refractivity contribution < 1.29 is 9.90 Å². The highest BCUT2D eigenvalue weighted by molar-refractivity contribution is 5.73. The Bertz CT molecular complexity index is 547. The monoisotopic (exact) mass is 347 g/mol. The minimum absolute atomic E-state index is 0.0956. The molecule has 5 nitrogen and oxygen atoms in total. The molecule has 1 aromatic rings. The van der Waals surface area contributed by atoms with Gasteiger partial charge >= 0.3 is 6.03 Å². The van der Waals surface area contributed by atoms with E-state index in [1.165, 1.54) is 30.4 Å². The number of piperidine rings is 1. The number of amides is 2. The number of nitrogens with zero attached hydrogens (tertiary/aromatic N) is 2. The van der Waals surface area contributed by atoms with Gasteiger partial charge in [-0.25, -0.2) is 4.79 Å². The molecule has 1 saturated heterocycles. The van der Waals surface area contributed by atoms with Crippen molar-refractivity contribution in [3.63, 3.8) is 0 Å². The number of urea groups is 1. The second-order valence-electron chi connectivity index (χ2n) is 7.30. The Morgan fingerprint density at radius 2 is 2.08 bits per heavy atom. The van der Waals surface area contributed by atoms with Gasteiger partial charge in [-0.1, -0.05) is 30.7 Å². The Hall–Kier alpha value is -1.59. The van der Waals surface area contributed by atoms with E-state index < -0.39 is 0 Å². The van der Waals surface area contributed by atoms with Crippen LogP contribution in [0.5, 0.6) is 0 Å². The number of likely N-dealkylation sites (tertiary alicyclic amines) is 1. The van der Waals surface area contributed by atoms with Gasteiger partial charge in [0.2, 0.25) is 0 Å². The Kier molecular flexibility index (Phi) is 7.72. The molecule has 2 unspecified atom stereocenters. The molecule has 0 aliphatic carbocycles. The van der Waals surface area contributed by atoms with Gasteiger partial charge in [0, 0.05) is 32.7 Å². The van der Waals surface area contributed by atoms with E-state index >= 15 is 0 Å². The highest BCUT2D eigenvalue weighted by Gasteiger charge is 2.19. The summed E-state index contributed by atoms with van der Waals surface area (Å²) >= 11 is 0. The van der Waals surface area contributed by atoms with Gasteiger partial charge in [-0.05, 0) is 50.8 Å². The summed E-state index contributed by atoms with van der Waals surface area (Å²) in [5, 5.41) is 12.3. The van der Waals surface area contributed by atoms with Crippen molar-refractivity contribution in [1.29, 1.82) is 0 Å². The van der Waals surface area contributed by atoms with Crippen molar-refractivity contribution in [2.75, 3.05) is 20.1 Å². The van der Waals surface area contributed by atoms with Crippen molar-refractivity contribution >= 4 is 6.03 Å². The zero-order valence-electron chi connectivity index (χ0n) is 15.9. The molecule has 0 bridgehead atoms. The van der Waals surface area contributed by atoms with E-state index in [2.05, 4.69) is 35.3 Å². The second-order valence-corrected chi connectivity index (χ2v) is 7.30. The summed E-state index contributed by atoms with van der Waals surface area (Å²) in [7, 11) is 1.76. The maximum absolute atomic E-state index is 12.2. The summed E-state index contributed by atoms with van der Waals surface area (Å²) < 4.78 is 0. The maximum atomic E-state index is 12.2. The molecular weight excluding hydrogens is 314 g/mol. The SMILES string of the molecule is CC(O)CCN(C)C(=O)NCc1ccccc1CN1CCCCC1C. The molecule has 5 heteroatoms. The summed E-state index contributed by atoms with van der Waals surface area (Å²) in [6.45, 7) is 7.24. The van der Waals surface area contributed by atoms with Gasteiger partial charge in [0.15, 0.2) is 0 Å². The first-order chi connectivity index (χ1) is 12.0. The lowest BCUT2D eigenvalue weighted by Gasteiger charge is -2.33. The van der Waals surface area contributed by atoms with Gasteiger partial charge < -0.3 is 15.3 Å². The summed E-state index contributed by atoms with van der Waals surface area (Å²) in [5.74, 6) is 0. The molecule has 25 heavy (non-hydrogen) atoms. The molecule has 2 atom stereocenters. The largest absolute Gasteiger partial charge is 0.393 e. The molecule has 1 heterocycles. The first kappa shape index (κ1) is 19.7. The Morgan fingerprint density at radius 1 is 1.36 bits per heavy atom. The van der Waals surface area contributed by atoms with Crippen LogP contribution in [0, 0.1) is 0 Å². The number of aliphatic hydroxyl groups is 1. The van der Waals surface area contributed by atoms with Crippen molar-refractivity contribution in [2.24, 2.45) is 0 Å². The normalized spacial score (nSPS) is 19.4. The lowest BCUT2D eigenvalue weighted by molar-refractivity contribution is 0.152. The van der Waals surface area contributed by atoms with Crippen molar-refractivity contribution in [3.8, 4) is 0 Å². The molecule has 1 aliphatic rings. The average Bonchev–Trinajstić information content (AvgIpc) is 2.60. The van der Waals surface area contributed by atoms with E-state index in [9.17, 15) is 9.90 Å². The molecule has 1 fully saturated rings. The Morgan fingerprint density at radius 3 is 2.76 bits per heavy atom. The van der Waals surface area contributed by atoms with Crippen molar-refractivity contribution in [1.82, 2.24) is 15.1 Å². The van der Waals surface area contributed by atoms with Crippen LogP contribution in [0.25, 0.3) is 0 Å². The van der Waals surface area contributed by atoms with Crippen LogP contribution < -0.4 is 5.32 Å². The average molecular weight is 348 g/mol. The lowest BCUT2D eigenvalue weighted by atomic mass is 10.0. The highest BCUT2D eigenvalue weighted by Crippen LogP contribution is 2.20. The molecule has 2 N–H and O–H groups in total. The van der Waals surface area contributed by atoms with Crippen molar-refractivity contribution in [3.05, 3.63) is 35.4 Å². The molecule has 140 valence electrons. The number of aliphatic hydroxyl groups excluding tert-OH is 1. The lowest BCUT2D eigenvalue weighted by Crippen LogP contribution is -2.39. The van der Waals surface area contributed by atoms with Crippen LogP contribution in [0.2, 0.25) is 0 Å². The van der Waals surface area contributed by atoms with Crippen LogP contribution in [-0.4, -0.2) is 53.2 Å². The van der Waals surface area contributed by atoms with Crippen LogP contribution >= 0.6 is 0 Å². The third-order valence-electron chi connectivity index (χ3n) is 5.09. The first-order valence-corrected chi connectivity index (χ1v) is 9.45. The third-order valence-corrected chi connectivity index (χ3v) is 5.09. The molecule has 2 rings (SSSR count). The Labute approximate surface area is 152 Å². The molecule has 1 aromatic carbocycles. The number of carbonyl (C=O) groups excluding carboxylic acids is 1. The van der Waals surface area contributed by atoms with Gasteiger partial charge in [0.1, 0.15) is 0 Å². The van der Waals surface area contributed by atoms with E-state index in [0.29, 0.717) is 25.6 Å². The molecule has 1 aliphatic heterocycles. The molecular formula is C20H33N3O2. The second kappa shape index (κ2) is 9.78. The highest BCUT2D eigenvalue weighted by atomic mass is 16.3. The van der Waals surface area contributed by atoms with Crippen LogP contribution in [0.3, 0.4) is 0 Å². The van der Waals surface area contributed by atoms with Gasteiger partial charge in [0.25, 0.3) is 0 Å². The predicted molar refractivity (Wildman–Crippen MR) is 101 cm³/mol. The summed E-state index contributed by atoms with van der Waals surface area (Å²) in [6, 6.07) is 8.90. The predicted octanol–water partition coefficient (Wildman–Crippen LogP) is 2.97. The van der Waals surface area contributed by atoms with Gasteiger partial charge in [0.05, 0.1) is 6.10 Å². The minimum atomic E-state index is -0.387. The number of hydrogen-bond donors (Lipinski definition) is 2. The number of nitrogens with one attached hydrogen (secondary N) is 1.